The number of carbonyl (C=O) groups excluding carboxylic acids is 1. The van der Waals surface area contributed by atoms with E-state index in [4.69, 9.17) is 0 Å². The van der Waals surface area contributed by atoms with Gasteiger partial charge in [0.1, 0.15) is 11.4 Å². The van der Waals surface area contributed by atoms with Crippen LogP contribution in [0, 0.1) is 11.8 Å². The van der Waals surface area contributed by atoms with Gasteiger partial charge < -0.3 is 10.2 Å². The van der Waals surface area contributed by atoms with E-state index in [0.717, 1.165) is 52.2 Å². The Labute approximate surface area is 199 Å². The van der Waals surface area contributed by atoms with E-state index in [2.05, 4.69) is 58.9 Å². The molecule has 1 aliphatic heterocycles. The summed E-state index contributed by atoms with van der Waals surface area (Å²) in [5, 5.41) is 6.22. The van der Waals surface area contributed by atoms with E-state index in [9.17, 15) is 9.70 Å². The quantitative estimate of drug-likeness (QED) is 0.453. The average Bonchev–Trinajstić information content (AvgIpc) is 3.23. The topological polar surface area (TPSA) is 74.7 Å². The van der Waals surface area contributed by atoms with E-state index in [-0.39, 0.29) is 5.91 Å². The van der Waals surface area contributed by atoms with Gasteiger partial charge in [-0.15, -0.1) is 4.91 Å². The molecule has 1 aromatic heterocycles. The minimum absolute atomic E-state index is 0.204. The van der Waals surface area contributed by atoms with Crippen LogP contribution in [0.1, 0.15) is 59.4 Å². The first kappa shape index (κ1) is 23.3. The first-order chi connectivity index (χ1) is 15.8. The number of hydrogen-bond donors (Lipinski definition) is 1. The highest BCUT2D eigenvalue weighted by Crippen LogP contribution is 2.44. The average molecular weight is 463 g/mol. The minimum atomic E-state index is -0.204. The van der Waals surface area contributed by atoms with Gasteiger partial charge in [0.15, 0.2) is 0 Å². The number of aromatic nitrogens is 1. The van der Waals surface area contributed by atoms with Crippen LogP contribution in [0.5, 0.6) is 0 Å². The second-order valence-corrected chi connectivity index (χ2v) is 9.81. The molecule has 7 heteroatoms. The Kier molecular flexibility index (Phi) is 6.72. The Hall–Kier alpha value is -2.90. The van der Waals surface area contributed by atoms with Crippen LogP contribution in [0.2, 0.25) is 0 Å². The van der Waals surface area contributed by atoms with E-state index >= 15 is 0 Å². The van der Waals surface area contributed by atoms with Gasteiger partial charge in [-0.3, -0.25) is 4.79 Å². The third-order valence-electron chi connectivity index (χ3n) is 6.29. The summed E-state index contributed by atoms with van der Waals surface area (Å²) in [5.74, 6) is 0.0914. The molecule has 0 saturated heterocycles. The first-order valence-corrected chi connectivity index (χ1v) is 12.2. The van der Waals surface area contributed by atoms with Gasteiger partial charge in [0, 0.05) is 30.8 Å². The zero-order valence-corrected chi connectivity index (χ0v) is 20.7. The summed E-state index contributed by atoms with van der Waals surface area (Å²) in [6, 6.07) is 10.3. The van der Waals surface area contributed by atoms with E-state index in [1.165, 1.54) is 22.7 Å². The lowest BCUT2D eigenvalue weighted by molar-refractivity contribution is 0.0952. The van der Waals surface area contributed by atoms with Crippen molar-refractivity contribution >= 4 is 23.1 Å². The van der Waals surface area contributed by atoms with Crippen molar-refractivity contribution in [3.05, 3.63) is 63.2 Å². The van der Waals surface area contributed by atoms with Gasteiger partial charge in [-0.2, -0.15) is 4.37 Å². The largest absolute Gasteiger partial charge is 0.351 e. The molecular formula is C26H30N4O2S. The molecule has 4 rings (SSSR count). The molecule has 0 bridgehead atoms. The summed E-state index contributed by atoms with van der Waals surface area (Å²) >= 11 is 1.25. The molecule has 1 aliphatic rings. The van der Waals surface area contributed by atoms with Crippen molar-refractivity contribution in [2.75, 3.05) is 20.1 Å². The fourth-order valence-electron chi connectivity index (χ4n) is 4.58. The van der Waals surface area contributed by atoms with Gasteiger partial charge in [-0.1, -0.05) is 32.0 Å². The van der Waals surface area contributed by atoms with Gasteiger partial charge in [-0.25, -0.2) is 0 Å². The highest BCUT2D eigenvalue weighted by Gasteiger charge is 2.26. The molecule has 0 atom stereocenters. The highest BCUT2D eigenvalue weighted by molar-refractivity contribution is 7.10. The summed E-state index contributed by atoms with van der Waals surface area (Å²) < 4.78 is 4.56. The monoisotopic (exact) mass is 462 g/mol. The number of benzene rings is 2. The number of carbonyl (C=O) groups is 1. The van der Waals surface area contributed by atoms with Crippen molar-refractivity contribution < 1.29 is 4.79 Å². The Morgan fingerprint density at radius 2 is 2.03 bits per heavy atom. The van der Waals surface area contributed by atoms with Gasteiger partial charge in [0.05, 0.1) is 4.88 Å². The number of rotatable bonds is 6. The van der Waals surface area contributed by atoms with Crippen LogP contribution in [0.4, 0.5) is 5.69 Å². The van der Waals surface area contributed by atoms with Crippen LogP contribution in [-0.2, 0) is 13.0 Å². The second kappa shape index (κ2) is 9.53. The zero-order chi connectivity index (χ0) is 23.7. The van der Waals surface area contributed by atoms with Crippen LogP contribution in [-0.4, -0.2) is 35.3 Å². The van der Waals surface area contributed by atoms with Crippen molar-refractivity contribution in [3.63, 3.8) is 0 Å². The van der Waals surface area contributed by atoms with Crippen molar-refractivity contribution in [1.82, 2.24) is 14.6 Å². The molecule has 2 heterocycles. The summed E-state index contributed by atoms with van der Waals surface area (Å²) in [4.78, 5) is 27.9. The maximum absolute atomic E-state index is 12.9. The van der Waals surface area contributed by atoms with E-state index < -0.39 is 0 Å². The van der Waals surface area contributed by atoms with Crippen LogP contribution in [0.3, 0.4) is 0 Å². The van der Waals surface area contributed by atoms with E-state index in [0.29, 0.717) is 23.8 Å². The van der Waals surface area contributed by atoms with Gasteiger partial charge in [-0.05, 0) is 89.9 Å². The third kappa shape index (κ3) is 4.48. The van der Waals surface area contributed by atoms with Crippen molar-refractivity contribution in [3.8, 4) is 21.6 Å². The normalized spacial score (nSPS) is 13.8. The molecule has 172 valence electrons. The molecule has 3 aromatic rings. The van der Waals surface area contributed by atoms with Crippen LogP contribution in [0.15, 0.2) is 35.5 Å². The number of hydrogen-bond acceptors (Lipinski definition) is 6. The lowest BCUT2D eigenvalue weighted by Gasteiger charge is -2.25. The lowest BCUT2D eigenvalue weighted by atomic mass is 9.90. The minimum Gasteiger partial charge on any atom is -0.351 e. The Balaban J connectivity index is 1.95. The fraction of sp³-hybridized carbons (Fsp3) is 0.385. The molecule has 2 aromatic carbocycles. The Morgan fingerprint density at radius 1 is 1.24 bits per heavy atom. The molecule has 0 spiro atoms. The number of nitroso groups, excluding NO2 is 1. The molecular weight excluding hydrogens is 432 g/mol. The molecule has 6 nitrogen and oxygen atoms in total. The number of likely N-dealkylation sites (N-methyl/N-ethyl adjacent to an activating group) is 1. The van der Waals surface area contributed by atoms with Crippen molar-refractivity contribution in [2.24, 2.45) is 5.18 Å². The maximum atomic E-state index is 12.9. The summed E-state index contributed by atoms with van der Waals surface area (Å²) in [6.45, 7) is 10.6. The van der Waals surface area contributed by atoms with Crippen molar-refractivity contribution in [1.29, 1.82) is 0 Å². The number of aryl methyl sites for hydroxylation is 1. The molecule has 0 radical (unpaired) electrons. The standard InChI is InChI=1S/C26H30N4O2S/c1-6-27-26(31)24-23(18-7-8-19-14-30(5)10-9-17(19)12-18)25(33-29-24)21-13-20(15(2)3)16(4)11-22(21)28-32/h7-8,11-13,15H,6,9-10,14H2,1-5H3,(H,27,31). The van der Waals surface area contributed by atoms with Crippen LogP contribution in [0.25, 0.3) is 21.6 Å². The molecule has 33 heavy (non-hydrogen) atoms. The Morgan fingerprint density at radius 3 is 2.73 bits per heavy atom. The van der Waals surface area contributed by atoms with Crippen LogP contribution < -0.4 is 5.32 Å². The number of amides is 1. The molecule has 0 saturated carbocycles. The molecule has 0 fully saturated rings. The van der Waals surface area contributed by atoms with E-state index in [1.807, 2.05) is 26.0 Å². The summed E-state index contributed by atoms with van der Waals surface area (Å²) in [7, 11) is 2.13. The molecule has 1 amide bonds. The van der Waals surface area contributed by atoms with E-state index in [1.54, 1.807) is 0 Å². The summed E-state index contributed by atoms with van der Waals surface area (Å²) in [5.41, 5.74) is 8.04. The number of nitrogens with zero attached hydrogens (tertiary/aromatic N) is 3. The maximum Gasteiger partial charge on any atom is 0.271 e. The molecule has 0 aliphatic carbocycles. The number of fused-ring (bicyclic) bond motifs is 1. The molecule has 1 N–H and O–H groups in total. The lowest BCUT2D eigenvalue weighted by Crippen LogP contribution is -2.26. The SMILES string of the molecule is CCNC(=O)c1nsc(-c2cc(C(C)C)c(C)cc2N=O)c1-c1ccc2c(c1)CCN(C)C2. The van der Waals surface area contributed by atoms with Gasteiger partial charge >= 0.3 is 0 Å². The fourth-order valence-corrected chi connectivity index (χ4v) is 5.50. The number of nitrogens with one attached hydrogen (secondary N) is 1. The zero-order valence-electron chi connectivity index (χ0n) is 19.9. The first-order valence-electron chi connectivity index (χ1n) is 11.4. The Bertz CT molecular complexity index is 1220. The highest BCUT2D eigenvalue weighted by atomic mass is 32.1. The smallest absolute Gasteiger partial charge is 0.271 e. The summed E-state index contributed by atoms with van der Waals surface area (Å²) in [6.07, 6.45) is 0.965. The van der Waals surface area contributed by atoms with Crippen molar-refractivity contribution in [2.45, 2.75) is 46.6 Å². The molecule has 0 unspecified atom stereocenters. The predicted molar refractivity (Wildman–Crippen MR) is 135 cm³/mol. The predicted octanol–water partition coefficient (Wildman–Crippen LogP) is 6.04. The van der Waals surface area contributed by atoms with Gasteiger partial charge in [0.25, 0.3) is 5.91 Å². The van der Waals surface area contributed by atoms with Crippen LogP contribution >= 0.6 is 11.5 Å². The van der Waals surface area contributed by atoms with Gasteiger partial charge in [0.2, 0.25) is 0 Å². The second-order valence-electron chi connectivity index (χ2n) is 9.04. The third-order valence-corrected chi connectivity index (χ3v) is 7.17.